The van der Waals surface area contributed by atoms with Gasteiger partial charge in [-0.05, 0) is 58.4 Å². The summed E-state index contributed by atoms with van der Waals surface area (Å²) in [7, 11) is 2.11. The molecular formula is C17H31NO2. The molecule has 3 aliphatic rings. The lowest BCUT2D eigenvalue weighted by Gasteiger charge is -2.48. The van der Waals surface area contributed by atoms with Gasteiger partial charge in [-0.2, -0.15) is 0 Å². The molecular weight excluding hydrogens is 250 g/mol. The Labute approximate surface area is 123 Å². The van der Waals surface area contributed by atoms with Crippen LogP contribution >= 0.6 is 0 Å². The third-order valence-electron chi connectivity index (χ3n) is 5.99. The van der Waals surface area contributed by atoms with Crippen molar-refractivity contribution in [3.05, 3.63) is 0 Å². The SMILES string of the molecule is CNC(C1CCOC2(CCCCC2)C1)C1(C)CCCO1. The summed E-state index contributed by atoms with van der Waals surface area (Å²) in [6, 6.07) is 0.479. The van der Waals surface area contributed by atoms with E-state index < -0.39 is 0 Å². The highest BCUT2D eigenvalue weighted by Gasteiger charge is 2.47. The number of rotatable bonds is 3. The minimum atomic E-state index is 0.0343. The van der Waals surface area contributed by atoms with Crippen molar-refractivity contribution in [1.82, 2.24) is 5.32 Å². The zero-order valence-corrected chi connectivity index (χ0v) is 13.2. The zero-order chi connectivity index (χ0) is 14.1. The molecule has 116 valence electrons. The average molecular weight is 281 g/mol. The van der Waals surface area contributed by atoms with Crippen LogP contribution in [0.2, 0.25) is 0 Å². The molecule has 1 aliphatic carbocycles. The lowest BCUT2D eigenvalue weighted by Crippen LogP contribution is -2.55. The standard InChI is InChI=1S/C17H31NO2/c1-16(8-6-11-19-16)15(18-2)14-7-12-20-17(13-14)9-4-3-5-10-17/h14-15,18H,3-13H2,1-2H3. The average Bonchev–Trinajstić information content (AvgIpc) is 2.88. The molecule has 3 fully saturated rings. The molecule has 0 amide bonds. The van der Waals surface area contributed by atoms with Crippen molar-refractivity contribution in [2.75, 3.05) is 20.3 Å². The van der Waals surface area contributed by atoms with Crippen LogP contribution in [0.3, 0.4) is 0 Å². The van der Waals surface area contributed by atoms with E-state index in [4.69, 9.17) is 9.47 Å². The predicted molar refractivity (Wildman–Crippen MR) is 80.9 cm³/mol. The van der Waals surface area contributed by atoms with Crippen LogP contribution in [0, 0.1) is 5.92 Å². The van der Waals surface area contributed by atoms with Gasteiger partial charge in [-0.15, -0.1) is 0 Å². The Hall–Kier alpha value is -0.120. The normalized spacial score (nSPS) is 39.0. The summed E-state index contributed by atoms with van der Waals surface area (Å²) in [6.07, 6.45) is 11.5. The van der Waals surface area contributed by atoms with E-state index >= 15 is 0 Å². The van der Waals surface area contributed by atoms with Gasteiger partial charge in [0.1, 0.15) is 0 Å². The fourth-order valence-corrected chi connectivity index (χ4v) is 4.98. The Balaban J connectivity index is 1.71. The van der Waals surface area contributed by atoms with Gasteiger partial charge in [0.15, 0.2) is 0 Å². The smallest absolute Gasteiger partial charge is 0.0810 e. The van der Waals surface area contributed by atoms with Gasteiger partial charge in [0.25, 0.3) is 0 Å². The van der Waals surface area contributed by atoms with Crippen molar-refractivity contribution in [3.63, 3.8) is 0 Å². The molecule has 0 bridgehead atoms. The predicted octanol–water partition coefficient (Wildman–Crippen LogP) is 3.27. The fraction of sp³-hybridized carbons (Fsp3) is 1.00. The maximum absolute atomic E-state index is 6.26. The van der Waals surface area contributed by atoms with Crippen molar-refractivity contribution in [2.24, 2.45) is 5.92 Å². The first-order valence-electron chi connectivity index (χ1n) is 8.63. The minimum Gasteiger partial charge on any atom is -0.375 e. The van der Waals surface area contributed by atoms with Crippen LogP contribution in [0.4, 0.5) is 0 Å². The largest absolute Gasteiger partial charge is 0.375 e. The zero-order valence-electron chi connectivity index (χ0n) is 13.2. The summed E-state index contributed by atoms with van der Waals surface area (Å²) < 4.78 is 12.4. The van der Waals surface area contributed by atoms with E-state index in [1.54, 1.807) is 0 Å². The first-order chi connectivity index (χ1) is 9.68. The molecule has 0 aromatic carbocycles. The Morgan fingerprint density at radius 3 is 2.45 bits per heavy atom. The number of ether oxygens (including phenoxy) is 2. The molecule has 3 unspecified atom stereocenters. The highest BCUT2D eigenvalue weighted by molar-refractivity contribution is 5.00. The van der Waals surface area contributed by atoms with Crippen LogP contribution in [0.15, 0.2) is 0 Å². The van der Waals surface area contributed by atoms with Crippen molar-refractivity contribution in [3.8, 4) is 0 Å². The third kappa shape index (κ3) is 2.77. The van der Waals surface area contributed by atoms with Crippen molar-refractivity contribution >= 4 is 0 Å². The Kier molecular flexibility index (Phi) is 4.40. The summed E-state index contributed by atoms with van der Waals surface area (Å²) in [5, 5.41) is 3.60. The van der Waals surface area contributed by atoms with Gasteiger partial charge in [-0.3, -0.25) is 0 Å². The molecule has 1 N–H and O–H groups in total. The number of likely N-dealkylation sites (N-methyl/N-ethyl adjacent to an activating group) is 1. The van der Waals surface area contributed by atoms with Crippen LogP contribution in [-0.4, -0.2) is 37.5 Å². The molecule has 1 saturated carbocycles. The first kappa shape index (κ1) is 14.8. The van der Waals surface area contributed by atoms with Crippen molar-refractivity contribution in [1.29, 1.82) is 0 Å². The summed E-state index contributed by atoms with van der Waals surface area (Å²) >= 11 is 0. The molecule has 2 aliphatic heterocycles. The van der Waals surface area contributed by atoms with E-state index in [9.17, 15) is 0 Å². The van der Waals surface area contributed by atoms with Crippen LogP contribution in [-0.2, 0) is 9.47 Å². The maximum atomic E-state index is 6.26. The molecule has 1 spiro atoms. The minimum absolute atomic E-state index is 0.0343. The lowest BCUT2D eigenvalue weighted by molar-refractivity contribution is -0.135. The molecule has 20 heavy (non-hydrogen) atoms. The van der Waals surface area contributed by atoms with Crippen LogP contribution in [0.5, 0.6) is 0 Å². The van der Waals surface area contributed by atoms with Gasteiger partial charge in [0, 0.05) is 19.3 Å². The molecule has 0 radical (unpaired) electrons. The van der Waals surface area contributed by atoms with Gasteiger partial charge in [0.05, 0.1) is 11.2 Å². The molecule has 2 saturated heterocycles. The highest BCUT2D eigenvalue weighted by atomic mass is 16.5. The van der Waals surface area contributed by atoms with Crippen LogP contribution in [0.1, 0.15) is 64.7 Å². The summed E-state index contributed by atoms with van der Waals surface area (Å²) in [6.45, 7) is 4.19. The van der Waals surface area contributed by atoms with E-state index in [1.165, 1.54) is 57.8 Å². The highest BCUT2D eigenvalue weighted by Crippen LogP contribution is 2.44. The van der Waals surface area contributed by atoms with Gasteiger partial charge in [0.2, 0.25) is 0 Å². The number of hydrogen-bond donors (Lipinski definition) is 1. The molecule has 3 rings (SSSR count). The first-order valence-corrected chi connectivity index (χ1v) is 8.63. The second kappa shape index (κ2) is 5.94. The summed E-state index contributed by atoms with van der Waals surface area (Å²) in [5.74, 6) is 0.704. The maximum Gasteiger partial charge on any atom is 0.0810 e. The van der Waals surface area contributed by atoms with E-state index in [2.05, 4.69) is 19.3 Å². The van der Waals surface area contributed by atoms with E-state index in [1.807, 2.05) is 0 Å². The van der Waals surface area contributed by atoms with Gasteiger partial charge in [-0.25, -0.2) is 0 Å². The van der Waals surface area contributed by atoms with Gasteiger partial charge >= 0.3 is 0 Å². The number of nitrogens with one attached hydrogen (secondary N) is 1. The van der Waals surface area contributed by atoms with Crippen LogP contribution in [0.25, 0.3) is 0 Å². The monoisotopic (exact) mass is 281 g/mol. The Morgan fingerprint density at radius 2 is 1.80 bits per heavy atom. The van der Waals surface area contributed by atoms with E-state index in [0.29, 0.717) is 12.0 Å². The molecule has 3 atom stereocenters. The quantitative estimate of drug-likeness (QED) is 0.861. The van der Waals surface area contributed by atoms with Gasteiger partial charge in [-0.1, -0.05) is 19.3 Å². The fourth-order valence-electron chi connectivity index (χ4n) is 4.98. The second-order valence-corrected chi connectivity index (χ2v) is 7.38. The molecule has 3 heteroatoms. The Morgan fingerprint density at radius 1 is 1.00 bits per heavy atom. The molecule has 0 aromatic heterocycles. The van der Waals surface area contributed by atoms with Gasteiger partial charge < -0.3 is 14.8 Å². The summed E-state index contributed by atoms with van der Waals surface area (Å²) in [5.41, 5.74) is 0.234. The third-order valence-corrected chi connectivity index (χ3v) is 5.99. The second-order valence-electron chi connectivity index (χ2n) is 7.38. The van der Waals surface area contributed by atoms with Crippen LogP contribution < -0.4 is 5.32 Å². The van der Waals surface area contributed by atoms with Crippen molar-refractivity contribution < 1.29 is 9.47 Å². The molecule has 0 aromatic rings. The van der Waals surface area contributed by atoms with E-state index in [-0.39, 0.29) is 11.2 Å². The summed E-state index contributed by atoms with van der Waals surface area (Å²) in [4.78, 5) is 0. The molecule has 2 heterocycles. The lowest BCUT2D eigenvalue weighted by atomic mass is 9.71. The van der Waals surface area contributed by atoms with E-state index in [0.717, 1.165) is 13.2 Å². The number of hydrogen-bond acceptors (Lipinski definition) is 3. The Bertz CT molecular complexity index is 313. The van der Waals surface area contributed by atoms with Crippen molar-refractivity contribution in [2.45, 2.75) is 82.0 Å². The topological polar surface area (TPSA) is 30.5 Å². The molecule has 3 nitrogen and oxygen atoms in total.